The lowest BCUT2D eigenvalue weighted by molar-refractivity contribution is 0.113. The maximum Gasteiger partial charge on any atom is 0.0613 e. The molecule has 0 amide bonds. The number of aliphatic hydroxyl groups excluding tert-OH is 1. The molecule has 0 aliphatic carbocycles. The first-order valence-electron chi connectivity index (χ1n) is 7.64. The van der Waals surface area contributed by atoms with Crippen LogP contribution in [0.1, 0.15) is 47.0 Å². The highest BCUT2D eigenvalue weighted by molar-refractivity contribution is 4.87. The van der Waals surface area contributed by atoms with Gasteiger partial charge in [0.15, 0.2) is 0 Å². The molecule has 0 bridgehead atoms. The monoisotopic (exact) mass is 274 g/mol. The first kappa shape index (κ1) is 18.8. The molecule has 0 aromatic rings. The van der Waals surface area contributed by atoms with Gasteiger partial charge in [-0.3, -0.25) is 0 Å². The molecule has 0 spiro atoms. The van der Waals surface area contributed by atoms with Gasteiger partial charge in [0.25, 0.3) is 0 Å². The predicted molar refractivity (Wildman–Crippen MR) is 81.6 cm³/mol. The first-order chi connectivity index (χ1) is 8.99. The van der Waals surface area contributed by atoms with Crippen LogP contribution in [-0.2, 0) is 4.74 Å². The Morgan fingerprint density at radius 3 is 2.42 bits per heavy atom. The molecule has 1 unspecified atom stereocenters. The molecule has 0 saturated carbocycles. The lowest BCUT2D eigenvalue weighted by Crippen LogP contribution is -2.51. The van der Waals surface area contributed by atoms with Crippen LogP contribution >= 0.6 is 0 Å². The summed E-state index contributed by atoms with van der Waals surface area (Å²) in [6, 6.07) is 0.405. The summed E-state index contributed by atoms with van der Waals surface area (Å²) in [6.45, 7) is 12.3. The Kier molecular flexibility index (Phi) is 10.5. The van der Waals surface area contributed by atoms with Crippen molar-refractivity contribution in [3.05, 3.63) is 0 Å². The molecule has 0 heterocycles. The van der Waals surface area contributed by atoms with Gasteiger partial charge >= 0.3 is 0 Å². The molecule has 0 aromatic carbocycles. The standard InChI is InChI=1S/C15H34N2O2/c1-6-15(13-18,16-14(3)4)9-8-10-17(5)11-12-19-7-2/h14,16,18H,6-13H2,1-5H3. The summed E-state index contributed by atoms with van der Waals surface area (Å²) in [5, 5.41) is 13.2. The summed E-state index contributed by atoms with van der Waals surface area (Å²) in [5.41, 5.74) is -0.116. The highest BCUT2D eigenvalue weighted by atomic mass is 16.5. The second kappa shape index (κ2) is 10.6. The van der Waals surface area contributed by atoms with Crippen molar-refractivity contribution < 1.29 is 9.84 Å². The van der Waals surface area contributed by atoms with Crippen LogP contribution in [0.5, 0.6) is 0 Å². The molecule has 116 valence electrons. The Balaban J connectivity index is 3.98. The van der Waals surface area contributed by atoms with Crippen LogP contribution in [-0.4, -0.2) is 61.5 Å². The average Bonchev–Trinajstić information content (AvgIpc) is 2.37. The van der Waals surface area contributed by atoms with Gasteiger partial charge in [-0.1, -0.05) is 20.8 Å². The lowest BCUT2D eigenvalue weighted by Gasteiger charge is -2.35. The van der Waals surface area contributed by atoms with Crippen LogP contribution in [0.25, 0.3) is 0 Å². The molecule has 0 aliphatic rings. The van der Waals surface area contributed by atoms with Crippen molar-refractivity contribution in [3.63, 3.8) is 0 Å². The molecule has 0 aromatic heterocycles. The molecule has 0 saturated heterocycles. The second-order valence-corrected chi connectivity index (χ2v) is 5.69. The normalized spacial score (nSPS) is 15.2. The zero-order valence-electron chi connectivity index (χ0n) is 13.5. The number of rotatable bonds is 12. The highest BCUT2D eigenvalue weighted by Crippen LogP contribution is 2.18. The van der Waals surface area contributed by atoms with Crippen molar-refractivity contribution in [2.45, 2.75) is 58.5 Å². The number of hydrogen-bond acceptors (Lipinski definition) is 4. The third-order valence-corrected chi connectivity index (χ3v) is 3.59. The van der Waals surface area contributed by atoms with E-state index in [1.54, 1.807) is 0 Å². The SMILES string of the molecule is CCOCCN(C)CCCC(CC)(CO)NC(C)C. The van der Waals surface area contributed by atoms with Gasteiger partial charge in [0.2, 0.25) is 0 Å². The number of aliphatic hydroxyl groups is 1. The van der Waals surface area contributed by atoms with Crippen LogP contribution in [0.3, 0.4) is 0 Å². The summed E-state index contributed by atoms with van der Waals surface area (Å²) in [4.78, 5) is 2.29. The van der Waals surface area contributed by atoms with Crippen molar-refractivity contribution in [2.75, 3.05) is 40.0 Å². The van der Waals surface area contributed by atoms with Gasteiger partial charge in [-0.2, -0.15) is 0 Å². The summed E-state index contributed by atoms with van der Waals surface area (Å²) >= 11 is 0. The first-order valence-corrected chi connectivity index (χ1v) is 7.64. The van der Waals surface area contributed by atoms with Crippen LogP contribution in [0.2, 0.25) is 0 Å². The molecule has 4 nitrogen and oxygen atoms in total. The molecule has 4 heteroatoms. The summed E-state index contributed by atoms with van der Waals surface area (Å²) in [5.74, 6) is 0. The Morgan fingerprint density at radius 1 is 1.26 bits per heavy atom. The van der Waals surface area contributed by atoms with Gasteiger partial charge in [-0.25, -0.2) is 0 Å². The van der Waals surface area contributed by atoms with E-state index >= 15 is 0 Å². The van der Waals surface area contributed by atoms with Crippen LogP contribution in [0.15, 0.2) is 0 Å². The van der Waals surface area contributed by atoms with Crippen molar-refractivity contribution >= 4 is 0 Å². The van der Waals surface area contributed by atoms with E-state index in [9.17, 15) is 5.11 Å². The summed E-state index contributed by atoms with van der Waals surface area (Å²) < 4.78 is 5.35. The van der Waals surface area contributed by atoms with E-state index in [1.165, 1.54) is 0 Å². The van der Waals surface area contributed by atoms with Gasteiger partial charge in [-0.15, -0.1) is 0 Å². The molecule has 0 aliphatic heterocycles. The third-order valence-electron chi connectivity index (χ3n) is 3.59. The second-order valence-electron chi connectivity index (χ2n) is 5.69. The van der Waals surface area contributed by atoms with Gasteiger partial charge in [0.1, 0.15) is 0 Å². The van der Waals surface area contributed by atoms with Crippen LogP contribution < -0.4 is 5.32 Å². The van der Waals surface area contributed by atoms with Crippen LogP contribution in [0.4, 0.5) is 0 Å². The molecule has 1 atom stereocenters. The van der Waals surface area contributed by atoms with E-state index in [1.807, 2.05) is 6.92 Å². The predicted octanol–water partition coefficient (Wildman–Crippen LogP) is 1.87. The number of nitrogens with one attached hydrogen (secondary N) is 1. The summed E-state index contributed by atoms with van der Waals surface area (Å²) in [6.07, 6.45) is 3.07. The topological polar surface area (TPSA) is 44.7 Å². The molecular formula is C15H34N2O2. The Bertz CT molecular complexity index is 206. The number of likely N-dealkylation sites (N-methyl/N-ethyl adjacent to an activating group) is 1. The highest BCUT2D eigenvalue weighted by Gasteiger charge is 2.27. The summed E-state index contributed by atoms with van der Waals surface area (Å²) in [7, 11) is 2.13. The van der Waals surface area contributed by atoms with Gasteiger partial charge < -0.3 is 20.1 Å². The quantitative estimate of drug-likeness (QED) is 0.533. The zero-order valence-corrected chi connectivity index (χ0v) is 13.5. The molecule has 19 heavy (non-hydrogen) atoms. The zero-order chi connectivity index (χ0) is 14.7. The minimum absolute atomic E-state index is 0.116. The van der Waals surface area contributed by atoms with E-state index in [4.69, 9.17) is 4.74 Å². The van der Waals surface area contributed by atoms with E-state index in [0.717, 1.165) is 45.6 Å². The lowest BCUT2D eigenvalue weighted by atomic mass is 9.90. The van der Waals surface area contributed by atoms with Crippen molar-refractivity contribution in [1.82, 2.24) is 10.2 Å². The maximum absolute atomic E-state index is 9.67. The Labute approximate surface area is 119 Å². The van der Waals surface area contributed by atoms with Gasteiger partial charge in [0, 0.05) is 24.7 Å². The largest absolute Gasteiger partial charge is 0.394 e. The fourth-order valence-electron chi connectivity index (χ4n) is 2.36. The molecule has 0 radical (unpaired) electrons. The molecular weight excluding hydrogens is 240 g/mol. The van der Waals surface area contributed by atoms with Crippen LogP contribution in [0, 0.1) is 0 Å². The smallest absolute Gasteiger partial charge is 0.0613 e. The average molecular weight is 274 g/mol. The van der Waals surface area contributed by atoms with Crippen molar-refractivity contribution in [2.24, 2.45) is 0 Å². The minimum Gasteiger partial charge on any atom is -0.394 e. The Hall–Kier alpha value is -0.160. The van der Waals surface area contributed by atoms with E-state index in [0.29, 0.717) is 6.04 Å². The fraction of sp³-hybridized carbons (Fsp3) is 1.00. The van der Waals surface area contributed by atoms with Crippen molar-refractivity contribution in [3.8, 4) is 0 Å². The molecule has 0 fully saturated rings. The molecule has 0 rings (SSSR count). The molecule has 2 N–H and O–H groups in total. The van der Waals surface area contributed by atoms with Crippen molar-refractivity contribution in [1.29, 1.82) is 0 Å². The fourth-order valence-corrected chi connectivity index (χ4v) is 2.36. The van der Waals surface area contributed by atoms with E-state index in [-0.39, 0.29) is 12.1 Å². The van der Waals surface area contributed by atoms with Gasteiger partial charge in [0.05, 0.1) is 13.2 Å². The van der Waals surface area contributed by atoms with Gasteiger partial charge in [-0.05, 0) is 39.8 Å². The minimum atomic E-state index is -0.116. The maximum atomic E-state index is 9.67. The third kappa shape index (κ3) is 8.58. The number of hydrogen-bond donors (Lipinski definition) is 2. The number of ether oxygens (including phenoxy) is 1. The number of nitrogens with zero attached hydrogens (tertiary/aromatic N) is 1. The van der Waals surface area contributed by atoms with E-state index in [2.05, 4.69) is 38.0 Å². The van der Waals surface area contributed by atoms with E-state index < -0.39 is 0 Å². The Morgan fingerprint density at radius 2 is 1.95 bits per heavy atom.